The number of hydrogen-bond acceptors (Lipinski definition) is 4. The zero-order valence-electron chi connectivity index (χ0n) is 8.16. The van der Waals surface area contributed by atoms with E-state index in [2.05, 4.69) is 5.32 Å². The Morgan fingerprint density at radius 2 is 2.27 bits per heavy atom. The highest BCUT2D eigenvalue weighted by Gasteiger charge is 2.00. The summed E-state index contributed by atoms with van der Waals surface area (Å²) in [6, 6.07) is 6.98. The van der Waals surface area contributed by atoms with E-state index >= 15 is 0 Å². The first kappa shape index (κ1) is 10.9. The number of nitrogens with one attached hydrogen (secondary N) is 1. The number of anilines is 2. The van der Waals surface area contributed by atoms with Gasteiger partial charge in [0.05, 0.1) is 11.3 Å². The Labute approximate surface area is 87.7 Å². The largest absolute Gasteiger partial charge is 0.398 e. The van der Waals surface area contributed by atoms with E-state index < -0.39 is 0 Å². The zero-order chi connectivity index (χ0) is 11.3. The fourth-order valence-electron chi connectivity index (χ4n) is 1.10. The molecule has 15 heavy (non-hydrogen) atoms. The maximum absolute atomic E-state index is 10.5. The van der Waals surface area contributed by atoms with Crippen LogP contribution in [-0.4, -0.2) is 12.5 Å². The molecule has 0 fully saturated rings. The second kappa shape index (κ2) is 4.86. The van der Waals surface area contributed by atoms with Gasteiger partial charge in [-0.1, -0.05) is 0 Å². The van der Waals surface area contributed by atoms with E-state index in [-0.39, 0.29) is 12.3 Å². The fourth-order valence-corrected chi connectivity index (χ4v) is 1.10. The van der Waals surface area contributed by atoms with Crippen molar-refractivity contribution >= 4 is 17.3 Å². The number of nitrogen functional groups attached to an aromatic ring is 1. The molecule has 1 aromatic carbocycles. The maximum atomic E-state index is 10.5. The van der Waals surface area contributed by atoms with Crippen LogP contribution in [0, 0.1) is 11.3 Å². The minimum absolute atomic E-state index is 0.264. The Kier molecular flexibility index (Phi) is 3.52. The molecule has 0 aliphatic heterocycles. The highest BCUT2D eigenvalue weighted by molar-refractivity contribution is 5.74. The van der Waals surface area contributed by atoms with E-state index in [9.17, 15) is 4.79 Å². The molecular formula is C10H12N4O. The van der Waals surface area contributed by atoms with Crippen LogP contribution in [0.4, 0.5) is 11.4 Å². The lowest BCUT2D eigenvalue weighted by molar-refractivity contribution is -0.117. The van der Waals surface area contributed by atoms with Gasteiger partial charge in [0.1, 0.15) is 6.07 Å². The van der Waals surface area contributed by atoms with Crippen molar-refractivity contribution in [3.05, 3.63) is 23.8 Å². The standard InChI is InChI=1S/C10H12N4O/c11-6-7-1-2-8(5-9(7)12)14-4-3-10(13)15/h1-2,5,14H,3-4,12H2,(H2,13,15). The van der Waals surface area contributed by atoms with Gasteiger partial charge in [-0.2, -0.15) is 5.26 Å². The zero-order valence-corrected chi connectivity index (χ0v) is 8.16. The minimum Gasteiger partial charge on any atom is -0.398 e. The van der Waals surface area contributed by atoms with Gasteiger partial charge >= 0.3 is 0 Å². The minimum atomic E-state index is -0.357. The number of hydrogen-bond donors (Lipinski definition) is 3. The highest BCUT2D eigenvalue weighted by Crippen LogP contribution is 2.16. The molecule has 0 aliphatic rings. The summed E-state index contributed by atoms with van der Waals surface area (Å²) < 4.78 is 0. The van der Waals surface area contributed by atoms with Crippen molar-refractivity contribution < 1.29 is 4.79 Å². The monoisotopic (exact) mass is 204 g/mol. The van der Waals surface area contributed by atoms with Crippen LogP contribution < -0.4 is 16.8 Å². The van der Waals surface area contributed by atoms with Crippen molar-refractivity contribution in [1.29, 1.82) is 5.26 Å². The molecule has 0 saturated heterocycles. The van der Waals surface area contributed by atoms with Crippen molar-refractivity contribution in [2.75, 3.05) is 17.6 Å². The van der Waals surface area contributed by atoms with E-state index in [0.717, 1.165) is 5.69 Å². The van der Waals surface area contributed by atoms with Crippen LogP contribution in [0.5, 0.6) is 0 Å². The summed E-state index contributed by atoms with van der Waals surface area (Å²) in [7, 11) is 0. The second-order valence-corrected chi connectivity index (χ2v) is 3.06. The van der Waals surface area contributed by atoms with Gasteiger partial charge in [-0.15, -0.1) is 0 Å². The Morgan fingerprint density at radius 3 is 2.80 bits per heavy atom. The molecule has 78 valence electrons. The van der Waals surface area contributed by atoms with Gasteiger partial charge in [-0.05, 0) is 18.2 Å². The Bertz CT molecular complexity index is 408. The molecule has 0 heterocycles. The molecule has 0 spiro atoms. The average molecular weight is 204 g/mol. The third kappa shape index (κ3) is 3.19. The number of primary amides is 1. The summed E-state index contributed by atoms with van der Waals surface area (Å²) in [6.45, 7) is 0.459. The molecule has 0 atom stereocenters. The predicted octanol–water partition coefficient (Wildman–Crippen LogP) is 0.428. The first-order chi connectivity index (χ1) is 7.13. The van der Waals surface area contributed by atoms with E-state index in [1.165, 1.54) is 0 Å². The Hall–Kier alpha value is -2.22. The number of benzene rings is 1. The van der Waals surface area contributed by atoms with Gasteiger partial charge in [-0.25, -0.2) is 0 Å². The molecule has 0 aliphatic carbocycles. The highest BCUT2D eigenvalue weighted by atomic mass is 16.1. The first-order valence-corrected chi connectivity index (χ1v) is 4.45. The van der Waals surface area contributed by atoms with E-state index in [0.29, 0.717) is 17.8 Å². The summed E-state index contributed by atoms with van der Waals surface area (Å²) in [5, 5.41) is 11.6. The predicted molar refractivity (Wildman–Crippen MR) is 57.9 cm³/mol. The molecule has 5 heteroatoms. The van der Waals surface area contributed by atoms with Gasteiger partial charge < -0.3 is 16.8 Å². The molecule has 0 aromatic heterocycles. The summed E-state index contributed by atoms with van der Waals surface area (Å²) in [5.41, 5.74) is 12.2. The van der Waals surface area contributed by atoms with Crippen molar-refractivity contribution in [3.8, 4) is 6.07 Å². The van der Waals surface area contributed by atoms with Gasteiger partial charge in [0, 0.05) is 18.7 Å². The van der Waals surface area contributed by atoms with Crippen molar-refractivity contribution in [3.63, 3.8) is 0 Å². The van der Waals surface area contributed by atoms with Crippen LogP contribution in [0.3, 0.4) is 0 Å². The summed E-state index contributed by atoms with van der Waals surface area (Å²) in [4.78, 5) is 10.5. The summed E-state index contributed by atoms with van der Waals surface area (Å²) in [6.07, 6.45) is 0.264. The average Bonchev–Trinajstić information content (AvgIpc) is 2.17. The smallest absolute Gasteiger partial charge is 0.219 e. The van der Waals surface area contributed by atoms with Gasteiger partial charge in [0.15, 0.2) is 0 Å². The van der Waals surface area contributed by atoms with Gasteiger partial charge in [0.2, 0.25) is 5.91 Å². The Morgan fingerprint density at radius 1 is 1.53 bits per heavy atom. The molecule has 0 unspecified atom stereocenters. The SMILES string of the molecule is N#Cc1ccc(NCCC(N)=O)cc1N. The number of nitriles is 1. The molecule has 0 saturated carbocycles. The summed E-state index contributed by atoms with van der Waals surface area (Å²) >= 11 is 0. The van der Waals surface area contributed by atoms with Crippen LogP contribution in [-0.2, 0) is 4.79 Å². The number of nitrogens with zero attached hydrogens (tertiary/aromatic N) is 1. The normalized spacial score (nSPS) is 9.27. The number of nitrogens with two attached hydrogens (primary N) is 2. The number of rotatable bonds is 4. The number of amides is 1. The lowest BCUT2D eigenvalue weighted by Crippen LogP contribution is -2.15. The molecule has 0 radical (unpaired) electrons. The van der Waals surface area contributed by atoms with Crippen LogP contribution in [0.25, 0.3) is 0 Å². The molecule has 1 aromatic rings. The van der Waals surface area contributed by atoms with Gasteiger partial charge in [-0.3, -0.25) is 4.79 Å². The molecule has 1 amide bonds. The molecule has 0 bridgehead atoms. The van der Waals surface area contributed by atoms with Crippen molar-refractivity contribution in [2.45, 2.75) is 6.42 Å². The molecule has 1 rings (SSSR count). The maximum Gasteiger partial charge on any atom is 0.219 e. The van der Waals surface area contributed by atoms with E-state index in [4.69, 9.17) is 16.7 Å². The Balaban J connectivity index is 2.60. The lowest BCUT2D eigenvalue weighted by Gasteiger charge is -2.06. The van der Waals surface area contributed by atoms with Gasteiger partial charge in [0.25, 0.3) is 0 Å². The van der Waals surface area contributed by atoms with Crippen LogP contribution in [0.2, 0.25) is 0 Å². The van der Waals surface area contributed by atoms with Crippen LogP contribution >= 0.6 is 0 Å². The van der Waals surface area contributed by atoms with Crippen LogP contribution in [0.1, 0.15) is 12.0 Å². The first-order valence-electron chi connectivity index (χ1n) is 4.45. The van der Waals surface area contributed by atoms with Crippen LogP contribution in [0.15, 0.2) is 18.2 Å². The third-order valence-corrected chi connectivity index (χ3v) is 1.87. The van der Waals surface area contributed by atoms with E-state index in [1.54, 1.807) is 18.2 Å². The second-order valence-electron chi connectivity index (χ2n) is 3.06. The van der Waals surface area contributed by atoms with Crippen molar-refractivity contribution in [1.82, 2.24) is 0 Å². The third-order valence-electron chi connectivity index (χ3n) is 1.87. The number of carbonyl (C=O) groups excluding carboxylic acids is 1. The molecular weight excluding hydrogens is 192 g/mol. The fraction of sp³-hybridized carbons (Fsp3) is 0.200. The number of carbonyl (C=O) groups is 1. The molecule has 5 N–H and O–H groups in total. The summed E-state index contributed by atoms with van der Waals surface area (Å²) in [5.74, 6) is -0.357. The molecule has 5 nitrogen and oxygen atoms in total. The quantitative estimate of drug-likeness (QED) is 0.618. The van der Waals surface area contributed by atoms with E-state index in [1.807, 2.05) is 6.07 Å². The lowest BCUT2D eigenvalue weighted by atomic mass is 10.2. The van der Waals surface area contributed by atoms with Crippen molar-refractivity contribution in [2.24, 2.45) is 5.73 Å². The topological polar surface area (TPSA) is 105 Å².